The Balaban J connectivity index is 1.43. The summed E-state index contributed by atoms with van der Waals surface area (Å²) in [5, 5.41) is 2.06. The van der Waals surface area contributed by atoms with Gasteiger partial charge in [-0.15, -0.1) is 0 Å². The number of aromatic nitrogens is 2. The van der Waals surface area contributed by atoms with E-state index in [-0.39, 0.29) is 5.56 Å². The van der Waals surface area contributed by atoms with Crippen molar-refractivity contribution in [3.8, 4) is 17.1 Å². The largest absolute Gasteiger partial charge is 0.494 e. The van der Waals surface area contributed by atoms with Crippen molar-refractivity contribution in [1.82, 2.24) is 9.55 Å². The third-order valence-corrected chi connectivity index (χ3v) is 6.28. The fourth-order valence-electron chi connectivity index (χ4n) is 3.85. The highest BCUT2D eigenvalue weighted by Crippen LogP contribution is 2.23. The Morgan fingerprint density at radius 1 is 0.939 bits per heavy atom. The van der Waals surface area contributed by atoms with Gasteiger partial charge in [0, 0.05) is 22.2 Å². The summed E-state index contributed by atoms with van der Waals surface area (Å²) >= 11 is 12.2. The zero-order valence-corrected chi connectivity index (χ0v) is 20.1. The second-order valence-corrected chi connectivity index (χ2v) is 8.78. The smallest absolute Gasteiger partial charge is 0.261 e. The molecule has 0 saturated carbocycles. The van der Waals surface area contributed by atoms with Gasteiger partial charge in [0.2, 0.25) is 0 Å². The number of hydrogen-bond acceptors (Lipinski definition) is 3. The van der Waals surface area contributed by atoms with E-state index < -0.39 is 0 Å². The summed E-state index contributed by atoms with van der Waals surface area (Å²) in [5.74, 6) is 1.51. The molecule has 0 unspecified atom stereocenters. The molecule has 4 rings (SSSR count). The molecule has 33 heavy (non-hydrogen) atoms. The van der Waals surface area contributed by atoms with Crippen LogP contribution < -0.4 is 10.3 Å². The normalized spacial score (nSPS) is 11.1. The molecule has 0 atom stereocenters. The third kappa shape index (κ3) is 5.58. The summed E-state index contributed by atoms with van der Waals surface area (Å²) in [7, 11) is 0. The Kier molecular flexibility index (Phi) is 7.69. The van der Waals surface area contributed by atoms with Gasteiger partial charge in [-0.2, -0.15) is 0 Å². The quantitative estimate of drug-likeness (QED) is 0.238. The number of ether oxygens (including phenoxy) is 1. The standard InChI is InChI=1S/C27H26Cl2N2O2/c1-2-19-18-22(14-15-24(19)29)33-17-7-3-6-16-31-26(20-10-12-21(28)13-11-20)30-25-9-5-4-8-23(25)27(31)32/h4-5,8-15,18H,2-3,6-7,16-17H2,1H3. The van der Waals surface area contributed by atoms with Crippen molar-refractivity contribution in [2.45, 2.75) is 39.2 Å². The fourth-order valence-corrected chi connectivity index (χ4v) is 4.22. The average Bonchev–Trinajstić information content (AvgIpc) is 2.84. The predicted octanol–water partition coefficient (Wildman–Crippen LogP) is 7.18. The molecule has 4 aromatic rings. The highest BCUT2D eigenvalue weighted by Gasteiger charge is 2.12. The molecule has 0 fully saturated rings. The molecular formula is C27H26Cl2N2O2. The Hall–Kier alpha value is -2.82. The Labute approximate surface area is 203 Å². The van der Waals surface area contributed by atoms with E-state index in [9.17, 15) is 4.79 Å². The van der Waals surface area contributed by atoms with Crippen LogP contribution in [0.15, 0.2) is 71.5 Å². The zero-order valence-electron chi connectivity index (χ0n) is 18.6. The van der Waals surface area contributed by atoms with Crippen LogP contribution in [0.25, 0.3) is 22.3 Å². The lowest BCUT2D eigenvalue weighted by atomic mass is 10.1. The molecule has 0 bridgehead atoms. The first-order valence-corrected chi connectivity index (χ1v) is 12.0. The second-order valence-electron chi connectivity index (χ2n) is 7.93. The van der Waals surface area contributed by atoms with Crippen molar-refractivity contribution in [3.05, 3.63) is 92.7 Å². The summed E-state index contributed by atoms with van der Waals surface area (Å²) in [4.78, 5) is 18.0. The van der Waals surface area contributed by atoms with Crippen molar-refractivity contribution in [1.29, 1.82) is 0 Å². The molecule has 0 spiro atoms. The number of benzene rings is 3. The monoisotopic (exact) mass is 480 g/mol. The summed E-state index contributed by atoms with van der Waals surface area (Å²) in [6.07, 6.45) is 3.56. The van der Waals surface area contributed by atoms with Crippen molar-refractivity contribution >= 4 is 34.1 Å². The van der Waals surface area contributed by atoms with Gasteiger partial charge in [0.1, 0.15) is 11.6 Å². The highest BCUT2D eigenvalue weighted by atomic mass is 35.5. The highest BCUT2D eigenvalue weighted by molar-refractivity contribution is 6.31. The summed E-state index contributed by atoms with van der Waals surface area (Å²) in [6.45, 7) is 3.29. The van der Waals surface area contributed by atoms with Crippen LogP contribution in [0.1, 0.15) is 31.7 Å². The molecule has 0 aliphatic carbocycles. The number of fused-ring (bicyclic) bond motifs is 1. The van der Waals surface area contributed by atoms with Gasteiger partial charge >= 0.3 is 0 Å². The number of aryl methyl sites for hydroxylation is 1. The lowest BCUT2D eigenvalue weighted by Gasteiger charge is -2.14. The van der Waals surface area contributed by atoms with Crippen molar-refractivity contribution < 1.29 is 4.74 Å². The van der Waals surface area contributed by atoms with Gasteiger partial charge in [0.25, 0.3) is 5.56 Å². The number of rotatable bonds is 9. The van der Waals surface area contributed by atoms with Crippen LogP contribution in [0.3, 0.4) is 0 Å². The van der Waals surface area contributed by atoms with Gasteiger partial charge in [0.05, 0.1) is 17.5 Å². The van der Waals surface area contributed by atoms with Crippen LogP contribution in [0.2, 0.25) is 10.0 Å². The first kappa shape index (κ1) is 23.3. The number of hydrogen-bond donors (Lipinski definition) is 0. The summed E-state index contributed by atoms with van der Waals surface area (Å²) < 4.78 is 7.67. The molecule has 1 heterocycles. The van der Waals surface area contributed by atoms with Gasteiger partial charge in [-0.3, -0.25) is 9.36 Å². The maximum absolute atomic E-state index is 13.2. The minimum Gasteiger partial charge on any atom is -0.494 e. The first-order valence-electron chi connectivity index (χ1n) is 11.2. The molecule has 4 nitrogen and oxygen atoms in total. The van der Waals surface area contributed by atoms with E-state index in [0.717, 1.165) is 47.6 Å². The van der Waals surface area contributed by atoms with E-state index in [1.807, 2.05) is 66.7 Å². The van der Waals surface area contributed by atoms with E-state index in [1.165, 1.54) is 0 Å². The van der Waals surface area contributed by atoms with Crippen molar-refractivity contribution in [3.63, 3.8) is 0 Å². The summed E-state index contributed by atoms with van der Waals surface area (Å²) in [5.41, 5.74) is 2.65. The second kappa shape index (κ2) is 10.9. The molecule has 6 heteroatoms. The van der Waals surface area contributed by atoms with E-state index in [1.54, 1.807) is 4.57 Å². The Bertz CT molecular complexity index is 1300. The minimum atomic E-state index is -0.0185. The lowest BCUT2D eigenvalue weighted by molar-refractivity contribution is 0.303. The van der Waals surface area contributed by atoms with Crippen molar-refractivity contribution in [2.75, 3.05) is 6.61 Å². The molecule has 1 aromatic heterocycles. The minimum absolute atomic E-state index is 0.0185. The number of unbranched alkanes of at least 4 members (excludes halogenated alkanes) is 2. The van der Waals surface area contributed by atoms with Gasteiger partial charge in [-0.25, -0.2) is 4.98 Å². The van der Waals surface area contributed by atoms with Gasteiger partial charge in [-0.1, -0.05) is 42.3 Å². The molecule has 0 N–H and O–H groups in total. The Morgan fingerprint density at radius 3 is 2.52 bits per heavy atom. The van der Waals surface area contributed by atoms with Crippen LogP contribution >= 0.6 is 23.2 Å². The van der Waals surface area contributed by atoms with Gasteiger partial charge in [-0.05, 0) is 85.8 Å². The Morgan fingerprint density at radius 2 is 1.73 bits per heavy atom. The van der Waals surface area contributed by atoms with Gasteiger partial charge < -0.3 is 4.74 Å². The van der Waals surface area contributed by atoms with Crippen LogP contribution in [0.4, 0.5) is 0 Å². The molecule has 0 saturated heterocycles. The number of nitrogens with zero attached hydrogens (tertiary/aromatic N) is 2. The average molecular weight is 481 g/mol. The number of halogens is 2. The van der Waals surface area contributed by atoms with Crippen LogP contribution in [0, 0.1) is 0 Å². The third-order valence-electron chi connectivity index (χ3n) is 5.66. The maximum atomic E-state index is 13.2. The molecule has 3 aromatic carbocycles. The first-order chi connectivity index (χ1) is 16.1. The number of para-hydroxylation sites is 1. The lowest BCUT2D eigenvalue weighted by Crippen LogP contribution is -2.23. The van der Waals surface area contributed by atoms with Crippen LogP contribution in [-0.2, 0) is 13.0 Å². The fraction of sp³-hybridized carbons (Fsp3) is 0.259. The van der Waals surface area contributed by atoms with Gasteiger partial charge in [0.15, 0.2) is 0 Å². The van der Waals surface area contributed by atoms with Crippen molar-refractivity contribution in [2.24, 2.45) is 0 Å². The molecule has 0 aliphatic heterocycles. The molecule has 170 valence electrons. The van der Waals surface area contributed by atoms with E-state index in [4.69, 9.17) is 32.9 Å². The SMILES string of the molecule is CCc1cc(OCCCCCn2c(-c3ccc(Cl)cc3)nc3ccccc3c2=O)ccc1Cl. The topological polar surface area (TPSA) is 44.1 Å². The molecular weight excluding hydrogens is 455 g/mol. The van der Waals surface area contributed by atoms with E-state index in [2.05, 4.69) is 6.92 Å². The zero-order chi connectivity index (χ0) is 23.2. The van der Waals surface area contributed by atoms with E-state index >= 15 is 0 Å². The molecule has 0 aliphatic rings. The molecule has 0 amide bonds. The van der Waals surface area contributed by atoms with Crippen LogP contribution in [-0.4, -0.2) is 16.2 Å². The summed E-state index contributed by atoms with van der Waals surface area (Å²) in [6, 6.07) is 20.7. The van der Waals surface area contributed by atoms with Crippen LogP contribution in [0.5, 0.6) is 5.75 Å². The molecule has 0 radical (unpaired) electrons. The predicted molar refractivity (Wildman–Crippen MR) is 137 cm³/mol. The van der Waals surface area contributed by atoms with E-state index in [0.29, 0.717) is 34.9 Å². The maximum Gasteiger partial charge on any atom is 0.261 e.